The highest BCUT2D eigenvalue weighted by Crippen LogP contribution is 2.20. The molecule has 0 aliphatic carbocycles. The number of nitrogens with one attached hydrogen (secondary N) is 1. The number of hydrogen-bond donors (Lipinski definition) is 1. The Hall–Kier alpha value is -2.37. The van der Waals surface area contributed by atoms with Crippen LogP contribution in [-0.2, 0) is 11.3 Å². The van der Waals surface area contributed by atoms with Crippen LogP contribution in [0.15, 0.2) is 24.3 Å². The van der Waals surface area contributed by atoms with E-state index >= 15 is 0 Å². The Balaban J connectivity index is 2.18. The van der Waals surface area contributed by atoms with Crippen LogP contribution < -0.4 is 5.32 Å². The van der Waals surface area contributed by atoms with Gasteiger partial charge in [0.2, 0.25) is 0 Å². The molecule has 0 saturated heterocycles. The maximum atomic E-state index is 12.0. The third-order valence-corrected chi connectivity index (χ3v) is 3.50. The lowest BCUT2D eigenvalue weighted by atomic mass is 10.1. The molecule has 0 aliphatic heterocycles. The number of rotatable bonds is 5. The first-order valence-corrected chi connectivity index (χ1v) is 7.12. The molecule has 0 aliphatic rings. The molecule has 118 valence electrons. The van der Waals surface area contributed by atoms with Gasteiger partial charge in [-0.1, -0.05) is 18.2 Å². The maximum absolute atomic E-state index is 12.0. The van der Waals surface area contributed by atoms with Crippen molar-refractivity contribution >= 4 is 6.09 Å². The SMILES string of the molecule is Cc1ccccc1-n1nc(C)c(CNC(=O)OCCF)c1C. The fourth-order valence-electron chi connectivity index (χ4n) is 2.31. The van der Waals surface area contributed by atoms with Gasteiger partial charge >= 0.3 is 6.09 Å². The van der Waals surface area contributed by atoms with Gasteiger partial charge in [-0.15, -0.1) is 0 Å². The van der Waals surface area contributed by atoms with Crippen LogP contribution in [0.3, 0.4) is 0 Å². The summed E-state index contributed by atoms with van der Waals surface area (Å²) in [6.07, 6.45) is -0.625. The normalized spacial score (nSPS) is 10.5. The maximum Gasteiger partial charge on any atom is 0.407 e. The smallest absolute Gasteiger partial charge is 0.407 e. The van der Waals surface area contributed by atoms with Crippen LogP contribution in [0.1, 0.15) is 22.5 Å². The van der Waals surface area contributed by atoms with Gasteiger partial charge < -0.3 is 10.1 Å². The summed E-state index contributed by atoms with van der Waals surface area (Å²) in [6, 6.07) is 7.97. The molecule has 1 aromatic carbocycles. The lowest BCUT2D eigenvalue weighted by Crippen LogP contribution is -2.25. The molecule has 1 amide bonds. The number of nitrogens with zero attached hydrogens (tertiary/aromatic N) is 2. The standard InChI is InChI=1S/C16H20FN3O2/c1-11-6-4-5-7-15(11)20-13(3)14(12(2)19-20)10-18-16(21)22-9-8-17/h4-7H,8-10H2,1-3H3,(H,18,21). The second-order valence-corrected chi connectivity index (χ2v) is 5.03. The van der Waals surface area contributed by atoms with E-state index in [4.69, 9.17) is 0 Å². The number of aromatic nitrogens is 2. The molecule has 0 fully saturated rings. The van der Waals surface area contributed by atoms with Crippen LogP contribution in [0.25, 0.3) is 5.69 Å². The highest BCUT2D eigenvalue weighted by Gasteiger charge is 2.14. The van der Waals surface area contributed by atoms with Crippen LogP contribution >= 0.6 is 0 Å². The van der Waals surface area contributed by atoms with Gasteiger partial charge in [0.05, 0.1) is 11.4 Å². The number of ether oxygens (including phenoxy) is 1. The number of halogens is 1. The van der Waals surface area contributed by atoms with Crippen LogP contribution in [-0.4, -0.2) is 29.2 Å². The van der Waals surface area contributed by atoms with Gasteiger partial charge in [-0.2, -0.15) is 5.10 Å². The molecule has 2 aromatic rings. The van der Waals surface area contributed by atoms with Gasteiger partial charge in [-0.3, -0.25) is 0 Å². The minimum atomic E-state index is -0.684. The summed E-state index contributed by atoms with van der Waals surface area (Å²) in [5, 5.41) is 7.16. The molecule has 0 unspecified atom stereocenters. The fraction of sp³-hybridized carbons (Fsp3) is 0.375. The van der Waals surface area contributed by atoms with Crippen LogP contribution in [0, 0.1) is 20.8 Å². The van der Waals surface area contributed by atoms with E-state index in [0.29, 0.717) is 6.54 Å². The van der Waals surface area contributed by atoms with E-state index in [1.54, 1.807) is 0 Å². The summed E-state index contributed by atoms with van der Waals surface area (Å²) < 4.78 is 18.5. The summed E-state index contributed by atoms with van der Waals surface area (Å²) in [6.45, 7) is 5.26. The third-order valence-electron chi connectivity index (χ3n) is 3.50. The van der Waals surface area contributed by atoms with E-state index in [9.17, 15) is 9.18 Å². The molecule has 5 nitrogen and oxygen atoms in total. The Morgan fingerprint density at radius 2 is 2.05 bits per heavy atom. The molecule has 1 aromatic heterocycles. The van der Waals surface area contributed by atoms with Crippen LogP contribution in [0.5, 0.6) is 0 Å². The number of alkyl carbamates (subject to hydrolysis) is 1. The first-order chi connectivity index (χ1) is 10.5. The van der Waals surface area contributed by atoms with Gasteiger partial charge in [0.25, 0.3) is 0 Å². The highest BCUT2D eigenvalue weighted by molar-refractivity contribution is 5.67. The summed E-state index contributed by atoms with van der Waals surface area (Å²) in [7, 11) is 0. The van der Waals surface area contributed by atoms with E-state index in [1.807, 2.05) is 49.7 Å². The second-order valence-electron chi connectivity index (χ2n) is 5.03. The summed E-state index contributed by atoms with van der Waals surface area (Å²) in [5.74, 6) is 0. The Bertz CT molecular complexity index is 667. The topological polar surface area (TPSA) is 56.2 Å². The first-order valence-electron chi connectivity index (χ1n) is 7.12. The number of hydrogen-bond acceptors (Lipinski definition) is 3. The van der Waals surface area contributed by atoms with E-state index in [0.717, 1.165) is 28.2 Å². The molecule has 1 N–H and O–H groups in total. The van der Waals surface area contributed by atoms with Crippen molar-refractivity contribution in [2.75, 3.05) is 13.3 Å². The zero-order valence-corrected chi connectivity index (χ0v) is 13.0. The van der Waals surface area contributed by atoms with Crippen molar-refractivity contribution in [3.05, 3.63) is 46.8 Å². The van der Waals surface area contributed by atoms with Crippen molar-refractivity contribution in [2.45, 2.75) is 27.3 Å². The predicted octanol–water partition coefficient (Wildman–Crippen LogP) is 2.99. The average Bonchev–Trinajstić information content (AvgIpc) is 2.78. The number of aryl methyl sites for hydroxylation is 2. The molecule has 0 radical (unpaired) electrons. The van der Waals surface area contributed by atoms with Crippen molar-refractivity contribution in [1.29, 1.82) is 0 Å². The number of carbonyl (C=O) groups excluding carboxylic acids is 1. The number of carbonyl (C=O) groups is 1. The minimum Gasteiger partial charge on any atom is -0.447 e. The minimum absolute atomic E-state index is 0.230. The quantitative estimate of drug-likeness (QED) is 0.924. The molecule has 0 bridgehead atoms. The van der Waals surface area contributed by atoms with Crippen molar-refractivity contribution in [3.63, 3.8) is 0 Å². The van der Waals surface area contributed by atoms with E-state index < -0.39 is 12.8 Å². The molecule has 22 heavy (non-hydrogen) atoms. The molecule has 0 atom stereocenters. The molecule has 1 heterocycles. The lowest BCUT2D eigenvalue weighted by molar-refractivity contribution is 0.137. The van der Waals surface area contributed by atoms with Crippen LogP contribution in [0.2, 0.25) is 0 Å². The first kappa shape index (κ1) is 16.0. The lowest BCUT2D eigenvalue weighted by Gasteiger charge is -2.09. The molecule has 2 rings (SSSR count). The van der Waals surface area contributed by atoms with Crippen LogP contribution in [0.4, 0.5) is 9.18 Å². The summed E-state index contributed by atoms with van der Waals surface area (Å²) >= 11 is 0. The van der Waals surface area contributed by atoms with Crippen molar-refractivity contribution in [2.24, 2.45) is 0 Å². The monoisotopic (exact) mass is 305 g/mol. The molecule has 6 heteroatoms. The predicted molar refractivity (Wildman–Crippen MR) is 81.9 cm³/mol. The fourth-order valence-corrected chi connectivity index (χ4v) is 2.31. The third kappa shape index (κ3) is 3.44. The summed E-state index contributed by atoms with van der Waals surface area (Å²) in [4.78, 5) is 11.4. The zero-order valence-electron chi connectivity index (χ0n) is 13.0. The molecular formula is C16H20FN3O2. The van der Waals surface area contributed by atoms with Crippen molar-refractivity contribution < 1.29 is 13.9 Å². The van der Waals surface area contributed by atoms with Gasteiger partial charge in [-0.25, -0.2) is 13.9 Å². The van der Waals surface area contributed by atoms with Gasteiger partial charge in [0.1, 0.15) is 13.3 Å². The summed E-state index contributed by atoms with van der Waals surface area (Å²) in [5.41, 5.74) is 4.86. The number of amides is 1. The van der Waals surface area contributed by atoms with Crippen molar-refractivity contribution in [3.8, 4) is 5.69 Å². The Morgan fingerprint density at radius 1 is 1.32 bits per heavy atom. The number of para-hydroxylation sites is 1. The average molecular weight is 305 g/mol. The Labute approximate surface area is 129 Å². The van der Waals surface area contributed by atoms with E-state index in [1.165, 1.54) is 0 Å². The Kier molecular flexibility index (Phi) is 5.14. The highest BCUT2D eigenvalue weighted by atomic mass is 19.1. The van der Waals surface area contributed by atoms with E-state index in [2.05, 4.69) is 15.2 Å². The zero-order chi connectivity index (χ0) is 16.1. The number of alkyl halides is 1. The molecule has 0 saturated carbocycles. The Morgan fingerprint density at radius 3 is 2.73 bits per heavy atom. The molecule has 0 spiro atoms. The van der Waals surface area contributed by atoms with Gasteiger partial charge in [0, 0.05) is 17.8 Å². The molecular weight excluding hydrogens is 285 g/mol. The number of benzene rings is 1. The van der Waals surface area contributed by atoms with Gasteiger partial charge in [-0.05, 0) is 32.4 Å². The van der Waals surface area contributed by atoms with Crippen molar-refractivity contribution in [1.82, 2.24) is 15.1 Å². The van der Waals surface area contributed by atoms with E-state index in [-0.39, 0.29) is 6.61 Å². The second kappa shape index (κ2) is 7.06. The van der Waals surface area contributed by atoms with Gasteiger partial charge in [0.15, 0.2) is 0 Å². The largest absolute Gasteiger partial charge is 0.447 e.